The zero-order chi connectivity index (χ0) is 16.5. The van der Waals surface area contributed by atoms with Gasteiger partial charge in [0.1, 0.15) is 11.6 Å². The van der Waals surface area contributed by atoms with Gasteiger partial charge >= 0.3 is 0 Å². The molecule has 1 aromatic carbocycles. The van der Waals surface area contributed by atoms with Crippen molar-refractivity contribution in [1.82, 2.24) is 24.9 Å². The summed E-state index contributed by atoms with van der Waals surface area (Å²) < 4.78 is 7.78. The molecular formula is C18H21N5O. The molecular weight excluding hydrogens is 302 g/mol. The SMILES string of the molecule is CC(C)Cc1nnc2n1CCC(c1nc(-c3ccccc3)no1)C2. The van der Waals surface area contributed by atoms with Crippen molar-refractivity contribution in [2.75, 3.05) is 0 Å². The second kappa shape index (κ2) is 6.19. The van der Waals surface area contributed by atoms with Crippen molar-refractivity contribution in [2.45, 2.75) is 45.6 Å². The van der Waals surface area contributed by atoms with E-state index in [-0.39, 0.29) is 5.92 Å². The van der Waals surface area contributed by atoms with Crippen LogP contribution in [0.1, 0.15) is 43.7 Å². The number of benzene rings is 1. The van der Waals surface area contributed by atoms with E-state index in [1.165, 1.54) is 0 Å². The Labute approximate surface area is 140 Å². The number of nitrogens with zero attached hydrogens (tertiary/aromatic N) is 5. The van der Waals surface area contributed by atoms with Crippen molar-refractivity contribution < 1.29 is 4.52 Å². The Bertz CT molecular complexity index is 821. The molecule has 124 valence electrons. The lowest BCUT2D eigenvalue weighted by Gasteiger charge is -2.21. The van der Waals surface area contributed by atoms with Gasteiger partial charge in [0, 0.05) is 30.9 Å². The summed E-state index contributed by atoms with van der Waals surface area (Å²) >= 11 is 0. The molecule has 2 aromatic heterocycles. The maximum atomic E-state index is 5.53. The molecule has 0 bridgehead atoms. The van der Waals surface area contributed by atoms with Gasteiger partial charge < -0.3 is 9.09 Å². The number of hydrogen-bond acceptors (Lipinski definition) is 5. The minimum Gasteiger partial charge on any atom is -0.339 e. The highest BCUT2D eigenvalue weighted by Crippen LogP contribution is 2.30. The van der Waals surface area contributed by atoms with Crippen molar-refractivity contribution in [3.8, 4) is 11.4 Å². The molecule has 24 heavy (non-hydrogen) atoms. The Morgan fingerprint density at radius 2 is 2.04 bits per heavy atom. The predicted octanol–water partition coefficient (Wildman–Crippen LogP) is 3.26. The average Bonchev–Trinajstić information content (AvgIpc) is 3.22. The smallest absolute Gasteiger partial charge is 0.230 e. The first-order valence-corrected chi connectivity index (χ1v) is 8.50. The fraction of sp³-hybridized carbons (Fsp3) is 0.444. The molecule has 0 amide bonds. The molecule has 1 aliphatic rings. The number of fused-ring (bicyclic) bond motifs is 1. The van der Waals surface area contributed by atoms with Gasteiger partial charge in [0.15, 0.2) is 0 Å². The van der Waals surface area contributed by atoms with E-state index in [4.69, 9.17) is 4.52 Å². The maximum absolute atomic E-state index is 5.53. The summed E-state index contributed by atoms with van der Waals surface area (Å²) in [6.07, 6.45) is 2.75. The van der Waals surface area contributed by atoms with E-state index in [2.05, 4.69) is 38.8 Å². The van der Waals surface area contributed by atoms with Gasteiger partial charge in [-0.2, -0.15) is 4.98 Å². The molecule has 6 nitrogen and oxygen atoms in total. The first-order chi connectivity index (χ1) is 11.7. The Balaban J connectivity index is 1.53. The summed E-state index contributed by atoms with van der Waals surface area (Å²) in [4.78, 5) is 4.60. The van der Waals surface area contributed by atoms with E-state index in [1.54, 1.807) is 0 Å². The lowest BCUT2D eigenvalue weighted by Crippen LogP contribution is -2.20. The highest BCUT2D eigenvalue weighted by molar-refractivity contribution is 5.53. The van der Waals surface area contributed by atoms with E-state index in [0.717, 1.165) is 43.0 Å². The number of rotatable bonds is 4. The lowest BCUT2D eigenvalue weighted by atomic mass is 9.97. The lowest BCUT2D eigenvalue weighted by molar-refractivity contribution is 0.321. The molecule has 0 fully saturated rings. The fourth-order valence-electron chi connectivity index (χ4n) is 3.22. The molecule has 0 spiro atoms. The van der Waals surface area contributed by atoms with Gasteiger partial charge in [-0.1, -0.05) is 49.3 Å². The second-order valence-corrected chi connectivity index (χ2v) is 6.79. The van der Waals surface area contributed by atoms with Crippen molar-refractivity contribution in [2.24, 2.45) is 5.92 Å². The number of hydrogen-bond donors (Lipinski definition) is 0. The topological polar surface area (TPSA) is 69.6 Å². The Morgan fingerprint density at radius 1 is 1.21 bits per heavy atom. The van der Waals surface area contributed by atoms with Crippen LogP contribution >= 0.6 is 0 Å². The summed E-state index contributed by atoms with van der Waals surface area (Å²) in [5, 5.41) is 12.9. The molecule has 0 N–H and O–H groups in total. The van der Waals surface area contributed by atoms with Gasteiger partial charge in [0.2, 0.25) is 11.7 Å². The molecule has 3 heterocycles. The monoisotopic (exact) mass is 323 g/mol. The Morgan fingerprint density at radius 3 is 2.83 bits per heavy atom. The molecule has 0 aliphatic carbocycles. The molecule has 6 heteroatoms. The van der Waals surface area contributed by atoms with E-state index in [9.17, 15) is 0 Å². The van der Waals surface area contributed by atoms with Crippen LogP contribution in [0.5, 0.6) is 0 Å². The third-order valence-electron chi connectivity index (χ3n) is 4.45. The summed E-state index contributed by atoms with van der Waals surface area (Å²) in [6, 6.07) is 9.91. The van der Waals surface area contributed by atoms with Crippen LogP contribution in [0.25, 0.3) is 11.4 Å². The Kier molecular flexibility index (Phi) is 3.88. The van der Waals surface area contributed by atoms with Crippen molar-refractivity contribution in [3.05, 3.63) is 47.9 Å². The molecule has 1 atom stereocenters. The summed E-state index contributed by atoms with van der Waals surface area (Å²) in [5.74, 6) is 4.28. The standard InChI is InChI=1S/C18H21N5O/c1-12(2)10-15-20-21-16-11-14(8-9-23(15)16)18-19-17(22-24-18)13-6-4-3-5-7-13/h3-7,12,14H,8-11H2,1-2H3. The first kappa shape index (κ1) is 15.1. The van der Waals surface area contributed by atoms with E-state index < -0.39 is 0 Å². The number of aromatic nitrogens is 5. The highest BCUT2D eigenvalue weighted by Gasteiger charge is 2.28. The first-order valence-electron chi connectivity index (χ1n) is 8.50. The zero-order valence-corrected chi connectivity index (χ0v) is 14.0. The second-order valence-electron chi connectivity index (χ2n) is 6.79. The minimum atomic E-state index is 0.221. The molecule has 1 aliphatic heterocycles. The van der Waals surface area contributed by atoms with Crippen LogP contribution in [0.2, 0.25) is 0 Å². The third-order valence-corrected chi connectivity index (χ3v) is 4.45. The molecule has 3 aromatic rings. The molecule has 0 saturated heterocycles. The summed E-state index contributed by atoms with van der Waals surface area (Å²) in [5.41, 5.74) is 0.977. The third kappa shape index (κ3) is 2.84. The normalized spacial score (nSPS) is 17.2. The maximum Gasteiger partial charge on any atom is 0.230 e. The van der Waals surface area contributed by atoms with E-state index >= 15 is 0 Å². The molecule has 0 saturated carbocycles. The fourth-order valence-corrected chi connectivity index (χ4v) is 3.22. The molecule has 1 unspecified atom stereocenters. The summed E-state index contributed by atoms with van der Waals surface area (Å²) in [7, 11) is 0. The van der Waals surface area contributed by atoms with Crippen LogP contribution in [0.3, 0.4) is 0 Å². The summed E-state index contributed by atoms with van der Waals surface area (Å²) in [6.45, 7) is 5.33. The molecule has 0 radical (unpaired) electrons. The van der Waals surface area contributed by atoms with Crippen LogP contribution in [0.4, 0.5) is 0 Å². The average molecular weight is 323 g/mol. The van der Waals surface area contributed by atoms with Gasteiger partial charge in [0.25, 0.3) is 0 Å². The predicted molar refractivity (Wildman–Crippen MR) is 89.4 cm³/mol. The van der Waals surface area contributed by atoms with Gasteiger partial charge in [-0.15, -0.1) is 10.2 Å². The largest absolute Gasteiger partial charge is 0.339 e. The van der Waals surface area contributed by atoms with Gasteiger partial charge in [0.05, 0.1) is 0 Å². The van der Waals surface area contributed by atoms with Crippen LogP contribution in [-0.2, 0) is 19.4 Å². The van der Waals surface area contributed by atoms with Gasteiger partial charge in [-0.25, -0.2) is 0 Å². The van der Waals surface area contributed by atoms with Crippen LogP contribution < -0.4 is 0 Å². The van der Waals surface area contributed by atoms with Crippen molar-refractivity contribution >= 4 is 0 Å². The minimum absolute atomic E-state index is 0.221. The van der Waals surface area contributed by atoms with E-state index in [0.29, 0.717) is 17.6 Å². The van der Waals surface area contributed by atoms with Crippen LogP contribution in [0, 0.1) is 5.92 Å². The van der Waals surface area contributed by atoms with Crippen molar-refractivity contribution in [3.63, 3.8) is 0 Å². The quantitative estimate of drug-likeness (QED) is 0.737. The van der Waals surface area contributed by atoms with Gasteiger partial charge in [-0.3, -0.25) is 0 Å². The Hall–Kier alpha value is -2.50. The van der Waals surface area contributed by atoms with Crippen LogP contribution in [-0.4, -0.2) is 24.9 Å². The molecule has 4 rings (SSSR count). The van der Waals surface area contributed by atoms with Crippen molar-refractivity contribution in [1.29, 1.82) is 0 Å². The van der Waals surface area contributed by atoms with Crippen LogP contribution in [0.15, 0.2) is 34.9 Å². The van der Waals surface area contributed by atoms with Gasteiger partial charge in [-0.05, 0) is 12.3 Å². The highest BCUT2D eigenvalue weighted by atomic mass is 16.5. The van der Waals surface area contributed by atoms with E-state index in [1.807, 2.05) is 30.3 Å². The zero-order valence-electron chi connectivity index (χ0n) is 14.0.